The number of carbonyl (C=O) groups excluding carboxylic acids is 2. The Balaban J connectivity index is 1.01. The minimum absolute atomic E-state index is 0.192. The highest BCUT2D eigenvalue weighted by Crippen LogP contribution is 2.10. The van der Waals surface area contributed by atoms with Gasteiger partial charge in [0, 0.05) is 65.4 Å². The molecule has 10 heteroatoms. The Morgan fingerprint density at radius 2 is 0.895 bits per heavy atom. The molecular formula is C28H40N6O4. The van der Waals surface area contributed by atoms with Crippen LogP contribution in [0.3, 0.4) is 0 Å². The van der Waals surface area contributed by atoms with Gasteiger partial charge in [0.25, 0.3) is 11.8 Å². The summed E-state index contributed by atoms with van der Waals surface area (Å²) in [6.45, 7) is 10.4. The zero-order chi connectivity index (χ0) is 26.4. The van der Waals surface area contributed by atoms with E-state index in [1.54, 1.807) is 0 Å². The molecule has 2 aromatic rings. The lowest BCUT2D eigenvalue weighted by atomic mass is 10.3. The second-order valence-corrected chi connectivity index (χ2v) is 9.65. The molecule has 2 amide bonds. The van der Waals surface area contributed by atoms with E-state index in [9.17, 15) is 9.59 Å². The maximum absolute atomic E-state index is 12.3. The fourth-order valence-electron chi connectivity index (χ4n) is 4.59. The monoisotopic (exact) mass is 524 g/mol. The summed E-state index contributed by atoms with van der Waals surface area (Å²) in [4.78, 5) is 33.6. The van der Waals surface area contributed by atoms with Crippen LogP contribution in [0.2, 0.25) is 0 Å². The van der Waals surface area contributed by atoms with E-state index >= 15 is 0 Å². The van der Waals surface area contributed by atoms with Gasteiger partial charge in [0.05, 0.1) is 13.1 Å². The van der Waals surface area contributed by atoms with Crippen molar-refractivity contribution in [2.75, 3.05) is 91.8 Å². The van der Waals surface area contributed by atoms with E-state index < -0.39 is 0 Å². The summed E-state index contributed by atoms with van der Waals surface area (Å²) >= 11 is 0. The maximum atomic E-state index is 12.3. The van der Waals surface area contributed by atoms with E-state index in [1.165, 1.54) is 0 Å². The molecule has 0 bridgehead atoms. The Hall–Kier alpha value is -3.18. The Morgan fingerprint density at radius 3 is 1.26 bits per heavy atom. The molecule has 2 heterocycles. The van der Waals surface area contributed by atoms with Gasteiger partial charge in [0.1, 0.15) is 24.7 Å². The standard InChI is InChI=1S/C28H40N6O4/c35-27(23-33-15-11-31(12-16-33)19-21-37-25-7-3-1-4-8-25)29-30-28(36)24-34-17-13-32(14-18-34)20-22-38-26-9-5-2-6-10-26/h1-10H,11-24H2,(H,29,35)(H,30,36). The molecular weight excluding hydrogens is 484 g/mol. The lowest BCUT2D eigenvalue weighted by Crippen LogP contribution is -2.54. The van der Waals surface area contributed by atoms with Gasteiger partial charge >= 0.3 is 0 Å². The first kappa shape index (κ1) is 27.8. The molecule has 2 aromatic carbocycles. The van der Waals surface area contributed by atoms with Crippen molar-refractivity contribution in [3.05, 3.63) is 60.7 Å². The molecule has 0 unspecified atom stereocenters. The summed E-state index contributed by atoms with van der Waals surface area (Å²) in [5.41, 5.74) is 5.14. The number of nitrogens with zero attached hydrogens (tertiary/aromatic N) is 4. The highest BCUT2D eigenvalue weighted by atomic mass is 16.5. The Labute approximate surface area is 225 Å². The van der Waals surface area contributed by atoms with Gasteiger partial charge in [-0.1, -0.05) is 36.4 Å². The summed E-state index contributed by atoms with van der Waals surface area (Å²) in [6.07, 6.45) is 0. The van der Waals surface area contributed by atoms with Gasteiger partial charge in [-0.15, -0.1) is 0 Å². The van der Waals surface area contributed by atoms with Crippen LogP contribution >= 0.6 is 0 Å². The second-order valence-electron chi connectivity index (χ2n) is 9.65. The Kier molecular flexibility index (Phi) is 11.2. The third-order valence-corrected chi connectivity index (χ3v) is 6.84. The van der Waals surface area contributed by atoms with Crippen molar-refractivity contribution in [3.63, 3.8) is 0 Å². The zero-order valence-electron chi connectivity index (χ0n) is 22.1. The first-order valence-electron chi connectivity index (χ1n) is 13.5. The van der Waals surface area contributed by atoms with Crippen LogP contribution < -0.4 is 20.3 Å². The number of nitrogens with one attached hydrogen (secondary N) is 2. The summed E-state index contributed by atoms with van der Waals surface area (Å²) < 4.78 is 11.5. The predicted octanol–water partition coefficient (Wildman–Crippen LogP) is 0.527. The van der Waals surface area contributed by atoms with Crippen molar-refractivity contribution in [3.8, 4) is 11.5 Å². The average Bonchev–Trinajstić information content (AvgIpc) is 2.95. The first-order valence-corrected chi connectivity index (χ1v) is 13.5. The summed E-state index contributed by atoms with van der Waals surface area (Å²) in [5.74, 6) is 1.39. The molecule has 10 nitrogen and oxygen atoms in total. The normalized spacial score (nSPS) is 17.6. The van der Waals surface area contributed by atoms with E-state index in [0.29, 0.717) is 13.2 Å². The van der Waals surface area contributed by atoms with Gasteiger partial charge in [-0.2, -0.15) is 0 Å². The van der Waals surface area contributed by atoms with E-state index in [4.69, 9.17) is 9.47 Å². The molecule has 2 N–H and O–H groups in total. The number of benzene rings is 2. The van der Waals surface area contributed by atoms with Crippen LogP contribution in [0.1, 0.15) is 0 Å². The van der Waals surface area contributed by atoms with E-state index in [2.05, 4.69) is 30.5 Å². The third kappa shape index (κ3) is 9.94. The molecule has 2 fully saturated rings. The topological polar surface area (TPSA) is 89.6 Å². The van der Waals surface area contributed by atoms with E-state index in [1.807, 2.05) is 60.7 Å². The minimum atomic E-state index is -0.192. The molecule has 0 aromatic heterocycles. The van der Waals surface area contributed by atoms with Crippen LogP contribution in [-0.2, 0) is 9.59 Å². The number of amides is 2. The number of rotatable bonds is 12. The lowest BCUT2D eigenvalue weighted by molar-refractivity contribution is -0.130. The van der Waals surface area contributed by atoms with Crippen LogP contribution in [0, 0.1) is 0 Å². The fraction of sp³-hybridized carbons (Fsp3) is 0.500. The molecule has 38 heavy (non-hydrogen) atoms. The SMILES string of the molecule is O=C(CN1CCN(CCOc2ccccc2)CC1)NNC(=O)CN1CCN(CCOc2ccccc2)CC1. The molecule has 4 rings (SSSR count). The zero-order valence-corrected chi connectivity index (χ0v) is 22.1. The van der Waals surface area contributed by atoms with E-state index in [-0.39, 0.29) is 24.9 Å². The molecule has 2 aliphatic rings. The Morgan fingerprint density at radius 1 is 0.553 bits per heavy atom. The summed E-state index contributed by atoms with van der Waals surface area (Å²) in [5, 5.41) is 0. The second kappa shape index (κ2) is 15.3. The smallest absolute Gasteiger partial charge is 0.252 e. The third-order valence-electron chi connectivity index (χ3n) is 6.84. The van der Waals surface area contributed by atoms with Crippen LogP contribution in [0.15, 0.2) is 60.7 Å². The van der Waals surface area contributed by atoms with Gasteiger partial charge in [-0.25, -0.2) is 0 Å². The lowest BCUT2D eigenvalue weighted by Gasteiger charge is -2.34. The predicted molar refractivity (Wildman–Crippen MR) is 146 cm³/mol. The Bertz CT molecular complexity index is 884. The first-order chi connectivity index (χ1) is 18.6. The van der Waals surface area contributed by atoms with Crippen LogP contribution in [-0.4, -0.2) is 123 Å². The van der Waals surface area contributed by atoms with Crippen LogP contribution in [0.5, 0.6) is 11.5 Å². The van der Waals surface area contributed by atoms with Gasteiger partial charge in [-0.05, 0) is 24.3 Å². The number of hydrogen-bond acceptors (Lipinski definition) is 8. The van der Waals surface area contributed by atoms with Gasteiger partial charge in [-0.3, -0.25) is 40.0 Å². The molecule has 0 atom stereocenters. The van der Waals surface area contributed by atoms with Crippen molar-refractivity contribution in [2.24, 2.45) is 0 Å². The highest BCUT2D eigenvalue weighted by Gasteiger charge is 2.21. The molecule has 0 radical (unpaired) electrons. The quantitative estimate of drug-likeness (QED) is 0.389. The number of hydrazine groups is 1. The fourth-order valence-corrected chi connectivity index (χ4v) is 4.59. The molecule has 0 spiro atoms. The van der Waals surface area contributed by atoms with Crippen LogP contribution in [0.4, 0.5) is 0 Å². The summed E-state index contributed by atoms with van der Waals surface area (Å²) in [7, 11) is 0. The minimum Gasteiger partial charge on any atom is -0.492 e. The largest absolute Gasteiger partial charge is 0.492 e. The number of hydrogen-bond donors (Lipinski definition) is 2. The molecule has 2 saturated heterocycles. The van der Waals surface area contributed by atoms with Crippen molar-refractivity contribution >= 4 is 11.8 Å². The van der Waals surface area contributed by atoms with Gasteiger partial charge < -0.3 is 9.47 Å². The molecule has 206 valence electrons. The molecule has 0 saturated carbocycles. The number of piperazine rings is 2. The van der Waals surface area contributed by atoms with Crippen molar-refractivity contribution in [2.45, 2.75) is 0 Å². The summed E-state index contributed by atoms with van der Waals surface area (Å²) in [6, 6.07) is 19.6. The van der Waals surface area contributed by atoms with Crippen molar-refractivity contribution < 1.29 is 19.1 Å². The van der Waals surface area contributed by atoms with Gasteiger partial charge in [0.15, 0.2) is 0 Å². The van der Waals surface area contributed by atoms with E-state index in [0.717, 1.165) is 76.9 Å². The maximum Gasteiger partial charge on any atom is 0.252 e. The van der Waals surface area contributed by atoms with Gasteiger partial charge in [0.2, 0.25) is 0 Å². The molecule has 2 aliphatic heterocycles. The number of ether oxygens (including phenoxy) is 2. The van der Waals surface area contributed by atoms with Crippen molar-refractivity contribution in [1.82, 2.24) is 30.5 Å². The van der Waals surface area contributed by atoms with Crippen molar-refractivity contribution in [1.29, 1.82) is 0 Å². The molecule has 0 aliphatic carbocycles. The highest BCUT2D eigenvalue weighted by molar-refractivity contribution is 5.83. The number of para-hydroxylation sites is 2. The average molecular weight is 525 g/mol. The number of carbonyl (C=O) groups is 2. The van der Waals surface area contributed by atoms with Crippen LogP contribution in [0.25, 0.3) is 0 Å².